The molecule has 0 spiro atoms. The van der Waals surface area contributed by atoms with Crippen LogP contribution in [0.3, 0.4) is 0 Å². The highest BCUT2D eigenvalue weighted by atomic mass is 35.5. The zero-order valence-electron chi connectivity index (χ0n) is 12.2. The number of nitrogens with one attached hydrogen (secondary N) is 2. The molecular formula is C16H17Cl2N3O. The Morgan fingerprint density at radius 2 is 1.91 bits per heavy atom. The summed E-state index contributed by atoms with van der Waals surface area (Å²) in [6.45, 7) is 2.73. The number of amides is 1. The molecule has 0 fully saturated rings. The lowest BCUT2D eigenvalue weighted by Gasteiger charge is -2.10. The van der Waals surface area contributed by atoms with Gasteiger partial charge in [-0.05, 0) is 30.7 Å². The van der Waals surface area contributed by atoms with Crippen LogP contribution in [0.15, 0.2) is 36.5 Å². The van der Waals surface area contributed by atoms with E-state index in [4.69, 9.17) is 23.2 Å². The van der Waals surface area contributed by atoms with Gasteiger partial charge in [-0.15, -0.1) is 0 Å². The van der Waals surface area contributed by atoms with E-state index >= 15 is 0 Å². The fourth-order valence-electron chi connectivity index (χ4n) is 1.83. The van der Waals surface area contributed by atoms with Crippen molar-refractivity contribution in [3.05, 3.63) is 52.3 Å². The van der Waals surface area contributed by atoms with Crippen LogP contribution in [0, 0.1) is 0 Å². The molecule has 4 nitrogen and oxygen atoms in total. The minimum absolute atomic E-state index is 0.171. The van der Waals surface area contributed by atoms with E-state index in [9.17, 15) is 4.79 Å². The van der Waals surface area contributed by atoms with Crippen LogP contribution < -0.4 is 10.6 Å². The Kier molecular flexibility index (Phi) is 6.04. The maximum atomic E-state index is 11.9. The number of nitrogens with zero attached hydrogens (tertiary/aromatic N) is 1. The van der Waals surface area contributed by atoms with Crippen molar-refractivity contribution in [1.29, 1.82) is 0 Å². The predicted octanol–water partition coefficient (Wildman–Crippen LogP) is 4.66. The fraction of sp³-hybridized carbons (Fsp3) is 0.250. The topological polar surface area (TPSA) is 54.0 Å². The van der Waals surface area contributed by atoms with Crippen LogP contribution in [0.1, 0.15) is 30.3 Å². The lowest BCUT2D eigenvalue weighted by Crippen LogP contribution is -2.25. The van der Waals surface area contributed by atoms with Crippen molar-refractivity contribution >= 4 is 40.5 Å². The number of benzene rings is 1. The number of hydrogen-bond acceptors (Lipinski definition) is 3. The highest BCUT2D eigenvalue weighted by Crippen LogP contribution is 2.32. The molecule has 0 saturated carbocycles. The lowest BCUT2D eigenvalue weighted by atomic mass is 10.2. The van der Waals surface area contributed by atoms with E-state index in [1.807, 2.05) is 0 Å². The third kappa shape index (κ3) is 4.36. The van der Waals surface area contributed by atoms with Crippen LogP contribution in [0.2, 0.25) is 10.0 Å². The number of pyridine rings is 1. The normalized spacial score (nSPS) is 10.3. The summed E-state index contributed by atoms with van der Waals surface area (Å²) in [6.07, 6.45) is 3.57. The lowest BCUT2D eigenvalue weighted by molar-refractivity contribution is 0.0948. The number of rotatable bonds is 6. The maximum absolute atomic E-state index is 11.9. The maximum Gasteiger partial charge on any atom is 0.269 e. The second-order valence-electron chi connectivity index (χ2n) is 4.76. The van der Waals surface area contributed by atoms with Gasteiger partial charge in [0.2, 0.25) is 0 Å². The Hall–Kier alpha value is -1.78. The number of carbonyl (C=O) groups excluding carboxylic acids is 1. The Labute approximate surface area is 139 Å². The van der Waals surface area contributed by atoms with E-state index in [2.05, 4.69) is 22.5 Å². The highest BCUT2D eigenvalue weighted by molar-refractivity contribution is 6.39. The number of halogens is 2. The summed E-state index contributed by atoms with van der Waals surface area (Å²) < 4.78 is 0. The van der Waals surface area contributed by atoms with E-state index in [-0.39, 0.29) is 5.91 Å². The van der Waals surface area contributed by atoms with Crippen molar-refractivity contribution in [2.24, 2.45) is 0 Å². The second kappa shape index (κ2) is 8.01. The number of anilines is 2. The van der Waals surface area contributed by atoms with E-state index < -0.39 is 0 Å². The Morgan fingerprint density at radius 3 is 2.50 bits per heavy atom. The number of unbranched alkanes of at least 4 members (excludes halogenated alkanes) is 1. The van der Waals surface area contributed by atoms with E-state index in [0.29, 0.717) is 33.7 Å². The Morgan fingerprint density at radius 1 is 1.18 bits per heavy atom. The van der Waals surface area contributed by atoms with Crippen LogP contribution in [0.4, 0.5) is 11.4 Å². The molecule has 1 amide bonds. The molecule has 6 heteroatoms. The minimum atomic E-state index is -0.171. The molecule has 0 unspecified atom stereocenters. The number of hydrogen-bond donors (Lipinski definition) is 2. The van der Waals surface area contributed by atoms with E-state index in [1.54, 1.807) is 36.5 Å². The second-order valence-corrected chi connectivity index (χ2v) is 5.58. The average Bonchev–Trinajstić information content (AvgIpc) is 2.52. The standard InChI is InChI=1S/C16H17Cl2N3O/c1-2-3-9-19-16(22)14-8-7-11(10-20-14)21-15-12(17)5-4-6-13(15)18/h4-8,10,21H,2-3,9H2,1H3,(H,19,22). The molecule has 1 heterocycles. The van der Waals surface area contributed by atoms with Gasteiger partial charge in [-0.2, -0.15) is 0 Å². The first-order chi connectivity index (χ1) is 10.6. The Balaban J connectivity index is 2.04. The van der Waals surface area contributed by atoms with Gasteiger partial charge >= 0.3 is 0 Å². The van der Waals surface area contributed by atoms with Crippen molar-refractivity contribution < 1.29 is 4.79 Å². The van der Waals surface area contributed by atoms with Gasteiger partial charge in [0.05, 0.1) is 27.6 Å². The summed E-state index contributed by atoms with van der Waals surface area (Å²) in [5, 5.41) is 6.97. The first-order valence-corrected chi connectivity index (χ1v) is 7.82. The van der Waals surface area contributed by atoms with Gasteiger partial charge < -0.3 is 10.6 Å². The molecule has 2 rings (SSSR count). The summed E-state index contributed by atoms with van der Waals surface area (Å²) >= 11 is 12.2. The van der Waals surface area contributed by atoms with Crippen molar-refractivity contribution in [2.75, 3.05) is 11.9 Å². The molecular weight excluding hydrogens is 321 g/mol. The van der Waals surface area contributed by atoms with E-state index in [0.717, 1.165) is 12.8 Å². The first kappa shape index (κ1) is 16.6. The van der Waals surface area contributed by atoms with Gasteiger partial charge in [0.15, 0.2) is 0 Å². The first-order valence-electron chi connectivity index (χ1n) is 7.07. The monoisotopic (exact) mass is 337 g/mol. The van der Waals surface area contributed by atoms with Crippen LogP contribution in [-0.4, -0.2) is 17.4 Å². The summed E-state index contributed by atoms with van der Waals surface area (Å²) in [6, 6.07) is 8.70. The minimum Gasteiger partial charge on any atom is -0.352 e. The largest absolute Gasteiger partial charge is 0.352 e. The zero-order chi connectivity index (χ0) is 15.9. The van der Waals surface area contributed by atoms with Gasteiger partial charge in [0, 0.05) is 6.54 Å². The highest BCUT2D eigenvalue weighted by Gasteiger charge is 2.08. The third-order valence-corrected chi connectivity index (χ3v) is 3.67. The van der Waals surface area contributed by atoms with Crippen LogP contribution in [0.25, 0.3) is 0 Å². The van der Waals surface area contributed by atoms with Crippen LogP contribution >= 0.6 is 23.2 Å². The summed E-state index contributed by atoms with van der Waals surface area (Å²) in [7, 11) is 0. The third-order valence-electron chi connectivity index (χ3n) is 3.04. The quantitative estimate of drug-likeness (QED) is 0.753. The van der Waals surface area contributed by atoms with Crippen molar-refractivity contribution in [3.8, 4) is 0 Å². The molecule has 1 aromatic carbocycles. The zero-order valence-corrected chi connectivity index (χ0v) is 13.7. The number of carbonyl (C=O) groups is 1. The average molecular weight is 338 g/mol. The molecule has 0 atom stereocenters. The van der Waals surface area contributed by atoms with Gasteiger partial charge in [-0.1, -0.05) is 42.6 Å². The van der Waals surface area contributed by atoms with E-state index in [1.165, 1.54) is 0 Å². The molecule has 0 bridgehead atoms. The molecule has 22 heavy (non-hydrogen) atoms. The number of aromatic nitrogens is 1. The van der Waals surface area contributed by atoms with Gasteiger partial charge in [0.25, 0.3) is 5.91 Å². The van der Waals surface area contributed by atoms with Gasteiger partial charge in [-0.25, -0.2) is 4.98 Å². The number of para-hydroxylation sites is 1. The summed E-state index contributed by atoms with van der Waals surface area (Å²) in [5.41, 5.74) is 1.71. The molecule has 2 aromatic rings. The van der Waals surface area contributed by atoms with Crippen molar-refractivity contribution in [2.45, 2.75) is 19.8 Å². The molecule has 0 aliphatic heterocycles. The van der Waals surface area contributed by atoms with Crippen LogP contribution in [-0.2, 0) is 0 Å². The van der Waals surface area contributed by atoms with Crippen LogP contribution in [0.5, 0.6) is 0 Å². The smallest absolute Gasteiger partial charge is 0.269 e. The molecule has 0 aliphatic rings. The van der Waals surface area contributed by atoms with Gasteiger partial charge in [-0.3, -0.25) is 4.79 Å². The molecule has 1 aromatic heterocycles. The van der Waals surface area contributed by atoms with Crippen molar-refractivity contribution in [1.82, 2.24) is 10.3 Å². The summed E-state index contributed by atoms with van der Waals surface area (Å²) in [5.74, 6) is -0.171. The Bertz CT molecular complexity index is 624. The molecule has 0 radical (unpaired) electrons. The molecule has 0 saturated heterocycles. The molecule has 0 aliphatic carbocycles. The predicted molar refractivity (Wildman–Crippen MR) is 91.2 cm³/mol. The fourth-order valence-corrected chi connectivity index (χ4v) is 2.32. The molecule has 2 N–H and O–H groups in total. The molecule has 116 valence electrons. The van der Waals surface area contributed by atoms with Gasteiger partial charge in [0.1, 0.15) is 5.69 Å². The van der Waals surface area contributed by atoms with Crippen molar-refractivity contribution in [3.63, 3.8) is 0 Å². The summed E-state index contributed by atoms with van der Waals surface area (Å²) in [4.78, 5) is 16.0. The SMILES string of the molecule is CCCCNC(=O)c1ccc(Nc2c(Cl)cccc2Cl)cn1.